The third kappa shape index (κ3) is 13.7. The number of aliphatic imine (C=N–C) groups is 1. The molecule has 0 amide bonds. The maximum Gasteiger partial charge on any atom is 0.191 e. The molecule has 27 heavy (non-hydrogen) atoms. The van der Waals surface area contributed by atoms with Crippen molar-refractivity contribution in [3.8, 4) is 0 Å². The highest BCUT2D eigenvalue weighted by atomic mass is 127. The summed E-state index contributed by atoms with van der Waals surface area (Å²) in [5, 5.41) is 16.1. The van der Waals surface area contributed by atoms with E-state index in [2.05, 4.69) is 43.2 Å². The molecule has 1 saturated heterocycles. The minimum atomic E-state index is 0. The molecule has 0 aliphatic carbocycles. The summed E-state index contributed by atoms with van der Waals surface area (Å²) in [6.07, 6.45) is 7.16. The second kappa shape index (κ2) is 16.8. The number of hydrogen-bond donors (Lipinski definition) is 3. The third-order valence-electron chi connectivity index (χ3n) is 5.13. The lowest BCUT2D eigenvalue weighted by molar-refractivity contribution is 0.181. The van der Waals surface area contributed by atoms with Gasteiger partial charge in [0.15, 0.2) is 5.96 Å². The van der Waals surface area contributed by atoms with Crippen LogP contribution in [0.3, 0.4) is 0 Å². The van der Waals surface area contributed by atoms with Gasteiger partial charge < -0.3 is 20.6 Å². The second-order valence-electron chi connectivity index (χ2n) is 8.41. The summed E-state index contributed by atoms with van der Waals surface area (Å²) >= 11 is 0. The molecule has 162 valence electrons. The number of nitrogens with one attached hydrogen (secondary N) is 2. The molecule has 0 aromatic carbocycles. The Balaban J connectivity index is 0.00000676. The van der Waals surface area contributed by atoms with E-state index in [1.807, 2.05) is 0 Å². The first-order valence-corrected chi connectivity index (χ1v) is 10.9. The Morgan fingerprint density at radius 3 is 2.67 bits per heavy atom. The maximum atomic E-state index is 9.26. The van der Waals surface area contributed by atoms with Gasteiger partial charge in [-0.2, -0.15) is 0 Å². The fourth-order valence-corrected chi connectivity index (χ4v) is 3.85. The van der Waals surface area contributed by atoms with Crippen LogP contribution in [0.4, 0.5) is 0 Å². The van der Waals surface area contributed by atoms with Crippen LogP contribution in [0.2, 0.25) is 0 Å². The Labute approximate surface area is 185 Å². The Hall–Kier alpha value is -0.0800. The van der Waals surface area contributed by atoms with Crippen molar-refractivity contribution >= 4 is 29.9 Å². The number of piperidine rings is 1. The molecule has 3 N–H and O–H groups in total. The summed E-state index contributed by atoms with van der Waals surface area (Å²) in [6, 6.07) is 0. The maximum absolute atomic E-state index is 9.26. The largest absolute Gasteiger partial charge is 0.396 e. The average molecular weight is 497 g/mol. The van der Waals surface area contributed by atoms with Crippen LogP contribution in [0.25, 0.3) is 0 Å². The Morgan fingerprint density at radius 1 is 1.26 bits per heavy atom. The van der Waals surface area contributed by atoms with Crippen molar-refractivity contribution < 1.29 is 5.11 Å². The number of nitrogens with zero attached hydrogens (tertiary/aromatic N) is 2. The number of aliphatic hydroxyl groups excluding tert-OH is 1. The van der Waals surface area contributed by atoms with Gasteiger partial charge in [-0.25, -0.2) is 0 Å². The van der Waals surface area contributed by atoms with Crippen molar-refractivity contribution in [3.05, 3.63) is 0 Å². The summed E-state index contributed by atoms with van der Waals surface area (Å²) in [6.45, 7) is 15.6. The lowest BCUT2D eigenvalue weighted by atomic mass is 9.94. The highest BCUT2D eigenvalue weighted by Crippen LogP contribution is 2.16. The summed E-state index contributed by atoms with van der Waals surface area (Å²) in [7, 11) is 0. The fraction of sp³-hybridized carbons (Fsp3) is 0.952. The van der Waals surface area contributed by atoms with E-state index < -0.39 is 0 Å². The highest BCUT2D eigenvalue weighted by molar-refractivity contribution is 14.0. The number of hydrogen-bond acceptors (Lipinski definition) is 3. The van der Waals surface area contributed by atoms with Gasteiger partial charge in [0.25, 0.3) is 0 Å². The summed E-state index contributed by atoms with van der Waals surface area (Å²) in [5.41, 5.74) is 0. The van der Waals surface area contributed by atoms with Gasteiger partial charge in [0.1, 0.15) is 0 Å². The number of halogens is 1. The second-order valence-corrected chi connectivity index (χ2v) is 8.41. The monoisotopic (exact) mass is 496 g/mol. The van der Waals surface area contributed by atoms with Crippen molar-refractivity contribution in [2.75, 3.05) is 45.9 Å². The zero-order chi connectivity index (χ0) is 19.2. The first kappa shape index (κ1) is 26.9. The molecular formula is C21H45IN4O. The topological polar surface area (TPSA) is 59.9 Å². The van der Waals surface area contributed by atoms with Crippen LogP contribution < -0.4 is 10.6 Å². The van der Waals surface area contributed by atoms with Crippen molar-refractivity contribution in [2.45, 2.75) is 66.2 Å². The van der Waals surface area contributed by atoms with E-state index in [4.69, 9.17) is 4.99 Å². The number of aliphatic hydroxyl groups is 1. The van der Waals surface area contributed by atoms with Gasteiger partial charge in [-0.05, 0) is 76.3 Å². The van der Waals surface area contributed by atoms with Crippen LogP contribution in [0.15, 0.2) is 4.99 Å². The van der Waals surface area contributed by atoms with Gasteiger partial charge in [0.2, 0.25) is 0 Å². The van der Waals surface area contributed by atoms with Crippen LogP contribution in [-0.2, 0) is 0 Å². The Bertz CT molecular complexity index is 379. The molecule has 2 atom stereocenters. The predicted molar refractivity (Wildman–Crippen MR) is 128 cm³/mol. The molecule has 0 aromatic rings. The first-order valence-electron chi connectivity index (χ1n) is 10.9. The molecular weight excluding hydrogens is 451 g/mol. The molecule has 6 heteroatoms. The molecule has 2 unspecified atom stereocenters. The van der Waals surface area contributed by atoms with Crippen molar-refractivity contribution in [3.63, 3.8) is 0 Å². The zero-order valence-electron chi connectivity index (χ0n) is 18.2. The minimum Gasteiger partial charge on any atom is -0.396 e. The number of rotatable bonds is 12. The van der Waals surface area contributed by atoms with E-state index in [1.54, 1.807) is 0 Å². The number of guanidine groups is 1. The van der Waals surface area contributed by atoms with Crippen LogP contribution in [0.5, 0.6) is 0 Å². The van der Waals surface area contributed by atoms with E-state index in [-0.39, 0.29) is 30.6 Å². The van der Waals surface area contributed by atoms with E-state index >= 15 is 0 Å². The highest BCUT2D eigenvalue weighted by Gasteiger charge is 2.15. The van der Waals surface area contributed by atoms with Gasteiger partial charge in [0, 0.05) is 32.8 Å². The van der Waals surface area contributed by atoms with E-state index in [0.29, 0.717) is 11.8 Å². The lowest BCUT2D eigenvalue weighted by Gasteiger charge is -2.30. The normalized spacial score (nSPS) is 19.6. The van der Waals surface area contributed by atoms with Gasteiger partial charge >= 0.3 is 0 Å². The molecule has 0 saturated carbocycles. The summed E-state index contributed by atoms with van der Waals surface area (Å²) in [4.78, 5) is 7.38. The SMILES string of the molecule is CCNC(=NCC(CCO)CC(C)C)NCCCCN1CCCC(C)C1.I. The van der Waals surface area contributed by atoms with Crippen LogP contribution in [0.1, 0.15) is 66.2 Å². The van der Waals surface area contributed by atoms with Crippen molar-refractivity contribution in [1.29, 1.82) is 0 Å². The van der Waals surface area contributed by atoms with E-state index in [9.17, 15) is 5.11 Å². The molecule has 0 radical (unpaired) electrons. The molecule has 1 rings (SSSR count). The number of likely N-dealkylation sites (tertiary alicyclic amines) is 1. The molecule has 1 aliphatic heterocycles. The van der Waals surface area contributed by atoms with Gasteiger partial charge in [-0.3, -0.25) is 4.99 Å². The zero-order valence-corrected chi connectivity index (χ0v) is 20.5. The van der Waals surface area contributed by atoms with E-state index in [1.165, 1.54) is 45.3 Å². The van der Waals surface area contributed by atoms with Crippen LogP contribution >= 0.6 is 24.0 Å². The smallest absolute Gasteiger partial charge is 0.191 e. The van der Waals surface area contributed by atoms with Crippen molar-refractivity contribution in [1.82, 2.24) is 15.5 Å². The molecule has 5 nitrogen and oxygen atoms in total. The predicted octanol–water partition coefficient (Wildman–Crippen LogP) is 3.72. The summed E-state index contributed by atoms with van der Waals surface area (Å²) < 4.78 is 0. The number of unbranched alkanes of at least 4 members (excludes halogenated alkanes) is 1. The quantitative estimate of drug-likeness (QED) is 0.167. The minimum absolute atomic E-state index is 0. The van der Waals surface area contributed by atoms with Gasteiger partial charge in [-0.15, -0.1) is 24.0 Å². The Kier molecular flexibility index (Phi) is 16.8. The molecule has 0 spiro atoms. The molecule has 1 heterocycles. The standard InChI is InChI=1S/C21H44N4O.HI/c1-5-22-21(24-16-20(10-14-26)15-18(2)3)23-11-6-7-12-25-13-8-9-19(4)17-25;/h18-20,26H,5-17H2,1-4H3,(H2,22,23,24);1H. The average Bonchev–Trinajstić information content (AvgIpc) is 2.59. The molecule has 1 fully saturated rings. The van der Waals surface area contributed by atoms with Crippen LogP contribution in [-0.4, -0.2) is 61.8 Å². The molecule has 0 bridgehead atoms. The fourth-order valence-electron chi connectivity index (χ4n) is 3.85. The molecule has 1 aliphatic rings. The summed E-state index contributed by atoms with van der Waals surface area (Å²) in [5.74, 6) is 2.91. The first-order chi connectivity index (χ1) is 12.5. The van der Waals surface area contributed by atoms with Crippen LogP contribution in [0, 0.1) is 17.8 Å². The van der Waals surface area contributed by atoms with Gasteiger partial charge in [-0.1, -0.05) is 20.8 Å². The van der Waals surface area contributed by atoms with E-state index in [0.717, 1.165) is 44.4 Å². The van der Waals surface area contributed by atoms with Gasteiger partial charge in [0.05, 0.1) is 0 Å². The lowest BCUT2D eigenvalue weighted by Crippen LogP contribution is -2.39. The van der Waals surface area contributed by atoms with Crippen molar-refractivity contribution in [2.24, 2.45) is 22.7 Å². The molecule has 0 aromatic heterocycles. The third-order valence-corrected chi connectivity index (χ3v) is 5.13. The Morgan fingerprint density at radius 2 is 2.04 bits per heavy atom.